The Bertz CT molecular complexity index is 436. The van der Waals surface area contributed by atoms with Crippen molar-refractivity contribution in [1.82, 2.24) is 4.90 Å². The van der Waals surface area contributed by atoms with Crippen molar-refractivity contribution in [3.8, 4) is 0 Å². The number of hydrogen-bond donors (Lipinski definition) is 2. The average Bonchev–Trinajstić information content (AvgIpc) is 2.48. The first-order chi connectivity index (χ1) is 9.58. The van der Waals surface area contributed by atoms with Gasteiger partial charge in [0.1, 0.15) is 0 Å². The summed E-state index contributed by atoms with van der Waals surface area (Å²) >= 11 is 0. The minimum atomic E-state index is -0.0227. The van der Waals surface area contributed by atoms with Crippen molar-refractivity contribution in [3.05, 3.63) is 29.8 Å². The SMILES string of the molecule is CC(N)c1ccc(NC(=O)N(C)C2CCCCC2)cc1. The number of benzene rings is 1. The van der Waals surface area contributed by atoms with Crippen LogP contribution in [0.1, 0.15) is 50.6 Å². The molecule has 0 spiro atoms. The van der Waals surface area contributed by atoms with Gasteiger partial charge in [0.25, 0.3) is 0 Å². The molecule has 4 heteroatoms. The van der Waals surface area contributed by atoms with Gasteiger partial charge in [-0.05, 0) is 37.5 Å². The van der Waals surface area contributed by atoms with Crippen LogP contribution in [0.25, 0.3) is 0 Å². The number of anilines is 1. The van der Waals surface area contributed by atoms with Gasteiger partial charge in [-0.3, -0.25) is 0 Å². The van der Waals surface area contributed by atoms with E-state index in [0.29, 0.717) is 6.04 Å². The van der Waals surface area contributed by atoms with Crippen LogP contribution in [0.3, 0.4) is 0 Å². The summed E-state index contributed by atoms with van der Waals surface area (Å²) in [6.07, 6.45) is 5.99. The largest absolute Gasteiger partial charge is 0.325 e. The lowest BCUT2D eigenvalue weighted by Gasteiger charge is -2.31. The molecule has 0 heterocycles. The van der Waals surface area contributed by atoms with Crippen molar-refractivity contribution in [3.63, 3.8) is 0 Å². The molecule has 1 aliphatic rings. The third-order valence-corrected chi connectivity index (χ3v) is 4.13. The normalized spacial score (nSPS) is 17.6. The van der Waals surface area contributed by atoms with E-state index < -0.39 is 0 Å². The minimum absolute atomic E-state index is 0.0182. The van der Waals surface area contributed by atoms with Gasteiger partial charge in [0.2, 0.25) is 0 Å². The highest BCUT2D eigenvalue weighted by Crippen LogP contribution is 2.22. The minimum Gasteiger partial charge on any atom is -0.325 e. The van der Waals surface area contributed by atoms with E-state index in [1.54, 1.807) is 0 Å². The zero-order valence-corrected chi connectivity index (χ0v) is 12.4. The molecule has 4 nitrogen and oxygen atoms in total. The van der Waals surface area contributed by atoms with Crippen LogP contribution in [0.5, 0.6) is 0 Å². The molecule has 3 N–H and O–H groups in total. The number of nitrogens with one attached hydrogen (secondary N) is 1. The van der Waals surface area contributed by atoms with Crippen molar-refractivity contribution in [1.29, 1.82) is 0 Å². The second kappa shape index (κ2) is 6.75. The summed E-state index contributed by atoms with van der Waals surface area (Å²) in [6, 6.07) is 8.11. The van der Waals surface area contributed by atoms with Crippen molar-refractivity contribution >= 4 is 11.7 Å². The molecule has 1 aromatic carbocycles. The molecule has 0 saturated heterocycles. The van der Waals surface area contributed by atoms with Crippen LogP contribution in [0.15, 0.2) is 24.3 Å². The van der Waals surface area contributed by atoms with Gasteiger partial charge in [-0.2, -0.15) is 0 Å². The number of urea groups is 1. The lowest BCUT2D eigenvalue weighted by atomic mass is 9.95. The molecule has 2 rings (SSSR count). The molecule has 0 radical (unpaired) electrons. The first-order valence-electron chi connectivity index (χ1n) is 7.47. The molecule has 1 fully saturated rings. The van der Waals surface area contributed by atoms with Gasteiger partial charge in [0, 0.05) is 24.8 Å². The summed E-state index contributed by atoms with van der Waals surface area (Å²) in [5.74, 6) is 0. The molecule has 110 valence electrons. The van der Waals surface area contributed by atoms with E-state index in [1.807, 2.05) is 43.1 Å². The van der Waals surface area contributed by atoms with Crippen LogP contribution in [0.2, 0.25) is 0 Å². The van der Waals surface area contributed by atoms with Crippen LogP contribution < -0.4 is 11.1 Å². The Hall–Kier alpha value is -1.55. The molecular weight excluding hydrogens is 250 g/mol. The molecule has 1 atom stereocenters. The highest BCUT2D eigenvalue weighted by atomic mass is 16.2. The summed E-state index contributed by atoms with van der Waals surface area (Å²) in [7, 11) is 1.89. The van der Waals surface area contributed by atoms with E-state index >= 15 is 0 Å². The zero-order valence-electron chi connectivity index (χ0n) is 12.4. The lowest BCUT2D eigenvalue weighted by Crippen LogP contribution is -2.40. The second-order valence-corrected chi connectivity index (χ2v) is 5.74. The smallest absolute Gasteiger partial charge is 0.321 e. The van der Waals surface area contributed by atoms with E-state index in [2.05, 4.69) is 5.32 Å². The molecule has 0 aliphatic heterocycles. The van der Waals surface area contributed by atoms with E-state index in [9.17, 15) is 4.79 Å². The monoisotopic (exact) mass is 275 g/mol. The predicted octanol–water partition coefficient (Wildman–Crippen LogP) is 3.50. The summed E-state index contributed by atoms with van der Waals surface area (Å²) < 4.78 is 0. The summed E-state index contributed by atoms with van der Waals surface area (Å²) in [5, 5.41) is 2.95. The maximum Gasteiger partial charge on any atom is 0.321 e. The van der Waals surface area contributed by atoms with E-state index in [4.69, 9.17) is 5.73 Å². The number of hydrogen-bond acceptors (Lipinski definition) is 2. The first kappa shape index (κ1) is 14.9. The Balaban J connectivity index is 1.92. The Morgan fingerprint density at radius 3 is 2.40 bits per heavy atom. The number of carbonyl (C=O) groups is 1. The van der Waals surface area contributed by atoms with Crippen molar-refractivity contribution in [2.75, 3.05) is 12.4 Å². The fraction of sp³-hybridized carbons (Fsp3) is 0.562. The van der Waals surface area contributed by atoms with Crippen molar-refractivity contribution < 1.29 is 4.79 Å². The van der Waals surface area contributed by atoms with Gasteiger partial charge in [0.05, 0.1) is 0 Å². The molecule has 1 aliphatic carbocycles. The highest BCUT2D eigenvalue weighted by molar-refractivity contribution is 5.89. The van der Waals surface area contributed by atoms with E-state index in [-0.39, 0.29) is 12.1 Å². The Morgan fingerprint density at radius 1 is 1.25 bits per heavy atom. The maximum atomic E-state index is 12.2. The number of carbonyl (C=O) groups excluding carboxylic acids is 1. The maximum absolute atomic E-state index is 12.2. The Kier molecular flexibility index (Phi) is 5.01. The third kappa shape index (κ3) is 3.73. The first-order valence-corrected chi connectivity index (χ1v) is 7.47. The molecule has 1 aromatic rings. The molecule has 1 unspecified atom stereocenters. The standard InChI is InChI=1S/C16H25N3O/c1-12(17)13-8-10-14(11-9-13)18-16(20)19(2)15-6-4-3-5-7-15/h8-12,15H,3-7,17H2,1-2H3,(H,18,20). The highest BCUT2D eigenvalue weighted by Gasteiger charge is 2.21. The van der Waals surface area contributed by atoms with Gasteiger partial charge in [-0.25, -0.2) is 4.79 Å². The Labute approximate surface area is 121 Å². The fourth-order valence-electron chi connectivity index (χ4n) is 2.72. The lowest BCUT2D eigenvalue weighted by molar-refractivity contribution is 0.186. The molecule has 0 aromatic heterocycles. The topological polar surface area (TPSA) is 58.4 Å². The van der Waals surface area contributed by atoms with E-state index in [1.165, 1.54) is 19.3 Å². The van der Waals surface area contributed by atoms with Crippen molar-refractivity contribution in [2.45, 2.75) is 51.1 Å². The number of nitrogens with two attached hydrogens (primary N) is 1. The zero-order chi connectivity index (χ0) is 14.5. The van der Waals surface area contributed by atoms with Gasteiger partial charge in [-0.15, -0.1) is 0 Å². The summed E-state index contributed by atoms with van der Waals surface area (Å²) in [5.41, 5.74) is 7.71. The van der Waals surface area contributed by atoms with Crippen LogP contribution >= 0.6 is 0 Å². The van der Waals surface area contributed by atoms with Crippen LogP contribution in [0.4, 0.5) is 10.5 Å². The predicted molar refractivity (Wildman–Crippen MR) is 82.7 cm³/mol. The average molecular weight is 275 g/mol. The second-order valence-electron chi connectivity index (χ2n) is 5.74. The Morgan fingerprint density at radius 2 is 1.85 bits per heavy atom. The fourth-order valence-corrected chi connectivity index (χ4v) is 2.72. The van der Waals surface area contributed by atoms with Gasteiger partial charge < -0.3 is 16.0 Å². The summed E-state index contributed by atoms with van der Waals surface area (Å²) in [6.45, 7) is 1.95. The van der Waals surface area contributed by atoms with Crippen LogP contribution in [-0.2, 0) is 0 Å². The van der Waals surface area contributed by atoms with Gasteiger partial charge >= 0.3 is 6.03 Å². The van der Waals surface area contributed by atoms with Gasteiger partial charge in [0.15, 0.2) is 0 Å². The quantitative estimate of drug-likeness (QED) is 0.887. The molecule has 1 saturated carbocycles. The number of nitrogens with zero attached hydrogens (tertiary/aromatic N) is 1. The molecule has 2 amide bonds. The molecular formula is C16H25N3O. The number of rotatable bonds is 3. The summed E-state index contributed by atoms with van der Waals surface area (Å²) in [4.78, 5) is 14.1. The van der Waals surface area contributed by atoms with Gasteiger partial charge in [-0.1, -0.05) is 31.4 Å². The number of amides is 2. The van der Waals surface area contributed by atoms with Crippen molar-refractivity contribution in [2.24, 2.45) is 5.73 Å². The van der Waals surface area contributed by atoms with E-state index in [0.717, 1.165) is 24.1 Å². The van der Waals surface area contributed by atoms with Crippen LogP contribution in [-0.4, -0.2) is 24.0 Å². The molecule has 20 heavy (non-hydrogen) atoms. The molecule has 0 bridgehead atoms. The van der Waals surface area contributed by atoms with Crippen LogP contribution in [0, 0.1) is 0 Å². The third-order valence-electron chi connectivity index (χ3n) is 4.13.